The Morgan fingerprint density at radius 3 is 2.15 bits per heavy atom. The third-order valence-electron chi connectivity index (χ3n) is 5.94. The van der Waals surface area contributed by atoms with Crippen molar-refractivity contribution in [3.8, 4) is 0 Å². The molecular weight excluding hydrogens is 534 g/mol. The van der Waals surface area contributed by atoms with Gasteiger partial charge in [0.2, 0.25) is 11.8 Å². The molecule has 0 bridgehead atoms. The number of carbonyl (C=O) groups excluding carboxylic acids is 2. The molecule has 3 rings (SSSR count). The van der Waals surface area contributed by atoms with Crippen molar-refractivity contribution in [1.82, 2.24) is 10.2 Å². The van der Waals surface area contributed by atoms with E-state index in [2.05, 4.69) is 5.32 Å². The van der Waals surface area contributed by atoms with Gasteiger partial charge in [0.1, 0.15) is 6.04 Å². The summed E-state index contributed by atoms with van der Waals surface area (Å²) >= 11 is 26.1. The van der Waals surface area contributed by atoms with Crippen molar-refractivity contribution in [2.24, 2.45) is 0 Å². The third kappa shape index (κ3) is 7.69. The van der Waals surface area contributed by atoms with Crippen LogP contribution in [0.5, 0.6) is 0 Å². The number of nitrogens with zero attached hydrogens (tertiary/aromatic N) is 1. The van der Waals surface area contributed by atoms with Crippen molar-refractivity contribution in [3.63, 3.8) is 0 Å². The molecule has 0 aromatic heterocycles. The Morgan fingerprint density at radius 1 is 1.00 bits per heavy atom. The van der Waals surface area contributed by atoms with Gasteiger partial charge < -0.3 is 10.2 Å². The summed E-state index contributed by atoms with van der Waals surface area (Å²) in [5.74, 6) is 0.521. The van der Waals surface area contributed by atoms with Crippen LogP contribution in [0.4, 0.5) is 0 Å². The van der Waals surface area contributed by atoms with Gasteiger partial charge in [-0.2, -0.15) is 0 Å². The Hall–Kier alpha value is -1.11. The third-order valence-corrected chi connectivity index (χ3v) is 8.08. The molecule has 4 nitrogen and oxygen atoms in total. The number of hydrogen-bond donors (Lipinski definition) is 1. The van der Waals surface area contributed by atoms with E-state index in [0.29, 0.717) is 32.3 Å². The molecule has 0 radical (unpaired) electrons. The molecule has 1 aliphatic carbocycles. The van der Waals surface area contributed by atoms with Crippen LogP contribution >= 0.6 is 58.2 Å². The maximum absolute atomic E-state index is 13.4. The fourth-order valence-electron chi connectivity index (χ4n) is 4.09. The zero-order chi connectivity index (χ0) is 24.7. The van der Waals surface area contributed by atoms with E-state index in [4.69, 9.17) is 46.4 Å². The molecule has 34 heavy (non-hydrogen) atoms. The van der Waals surface area contributed by atoms with E-state index in [-0.39, 0.29) is 30.2 Å². The van der Waals surface area contributed by atoms with Crippen molar-refractivity contribution >= 4 is 70.0 Å². The highest BCUT2D eigenvalue weighted by Gasteiger charge is 2.31. The molecule has 2 amide bonds. The lowest BCUT2D eigenvalue weighted by atomic mass is 10.1. The zero-order valence-electron chi connectivity index (χ0n) is 19.0. The van der Waals surface area contributed by atoms with Gasteiger partial charge in [-0.05, 0) is 54.7 Å². The Labute approximate surface area is 225 Å². The van der Waals surface area contributed by atoms with Gasteiger partial charge in [-0.25, -0.2) is 0 Å². The monoisotopic (exact) mass is 560 g/mol. The van der Waals surface area contributed by atoms with Gasteiger partial charge in [0.05, 0.1) is 5.75 Å². The normalized spacial score (nSPS) is 14.7. The molecule has 0 spiro atoms. The van der Waals surface area contributed by atoms with Gasteiger partial charge in [-0.1, -0.05) is 78.3 Å². The van der Waals surface area contributed by atoms with Crippen LogP contribution in [-0.2, 0) is 21.9 Å². The molecule has 1 atom stereocenters. The Morgan fingerprint density at radius 2 is 1.59 bits per heavy atom. The summed E-state index contributed by atoms with van der Waals surface area (Å²) < 4.78 is 0. The minimum atomic E-state index is -0.584. The number of halogens is 4. The summed E-state index contributed by atoms with van der Waals surface area (Å²) in [6.07, 6.45) is 4.71. The topological polar surface area (TPSA) is 49.4 Å². The second-order valence-electron chi connectivity index (χ2n) is 8.40. The number of nitrogens with one attached hydrogen (secondary N) is 1. The lowest BCUT2D eigenvalue weighted by Crippen LogP contribution is -2.51. The maximum atomic E-state index is 13.4. The van der Waals surface area contributed by atoms with Crippen molar-refractivity contribution in [2.75, 3.05) is 5.75 Å². The molecule has 1 N–H and O–H groups in total. The van der Waals surface area contributed by atoms with E-state index in [0.717, 1.165) is 36.8 Å². The van der Waals surface area contributed by atoms with Crippen molar-refractivity contribution < 1.29 is 9.59 Å². The predicted molar refractivity (Wildman–Crippen MR) is 144 cm³/mol. The van der Waals surface area contributed by atoms with Crippen LogP contribution in [-0.4, -0.2) is 34.6 Å². The first kappa shape index (κ1) is 27.5. The van der Waals surface area contributed by atoms with Gasteiger partial charge >= 0.3 is 0 Å². The summed E-state index contributed by atoms with van der Waals surface area (Å²) in [7, 11) is 0. The second kappa shape index (κ2) is 13.3. The van der Waals surface area contributed by atoms with Crippen LogP contribution in [0.25, 0.3) is 0 Å². The molecule has 2 aromatic carbocycles. The van der Waals surface area contributed by atoms with E-state index >= 15 is 0 Å². The summed E-state index contributed by atoms with van der Waals surface area (Å²) in [5, 5.41) is 5.27. The van der Waals surface area contributed by atoms with Gasteiger partial charge in [0.25, 0.3) is 0 Å². The summed E-state index contributed by atoms with van der Waals surface area (Å²) in [6, 6.07) is 10.1. The largest absolute Gasteiger partial charge is 0.352 e. The van der Waals surface area contributed by atoms with Crippen LogP contribution in [0.2, 0.25) is 20.1 Å². The van der Waals surface area contributed by atoms with Crippen LogP contribution in [0.1, 0.15) is 50.2 Å². The highest BCUT2D eigenvalue weighted by molar-refractivity contribution is 7.99. The van der Waals surface area contributed by atoms with Crippen LogP contribution in [0, 0.1) is 0 Å². The molecule has 0 heterocycles. The maximum Gasteiger partial charge on any atom is 0.243 e. The molecule has 0 saturated heterocycles. The lowest BCUT2D eigenvalue weighted by molar-refractivity contribution is -0.139. The lowest BCUT2D eigenvalue weighted by Gasteiger charge is -2.31. The number of rotatable bonds is 10. The summed E-state index contributed by atoms with van der Waals surface area (Å²) in [6.45, 7) is 2.15. The highest BCUT2D eigenvalue weighted by atomic mass is 35.5. The molecule has 1 saturated carbocycles. The molecule has 2 aromatic rings. The van der Waals surface area contributed by atoms with E-state index in [9.17, 15) is 9.59 Å². The quantitative estimate of drug-likeness (QED) is 0.329. The average Bonchev–Trinajstić information content (AvgIpc) is 3.29. The average molecular weight is 562 g/mol. The van der Waals surface area contributed by atoms with Gasteiger partial charge in [-0.3, -0.25) is 9.59 Å². The molecule has 1 aliphatic rings. The SMILES string of the molecule is CCC(C(=O)NC1CCCC1)N(Cc1ccc(Cl)cc1Cl)C(=O)CSCc1ccc(Cl)cc1Cl. The minimum Gasteiger partial charge on any atom is -0.352 e. The van der Waals surface area contributed by atoms with Gasteiger partial charge in [0.15, 0.2) is 0 Å². The number of benzene rings is 2. The highest BCUT2D eigenvalue weighted by Crippen LogP contribution is 2.27. The molecule has 1 unspecified atom stereocenters. The summed E-state index contributed by atoms with van der Waals surface area (Å²) in [4.78, 5) is 28.2. The van der Waals surface area contributed by atoms with Crippen LogP contribution in [0.15, 0.2) is 36.4 Å². The fourth-order valence-corrected chi connectivity index (χ4v) is 6.03. The Kier molecular flexibility index (Phi) is 10.7. The molecule has 0 aliphatic heterocycles. The predicted octanol–water partition coefficient (Wildman–Crippen LogP) is 7.40. The number of carbonyl (C=O) groups is 2. The molecular formula is C25H28Cl4N2O2S. The molecule has 9 heteroatoms. The smallest absolute Gasteiger partial charge is 0.243 e. The Bertz CT molecular complexity index is 1010. The second-order valence-corrected chi connectivity index (χ2v) is 11.1. The van der Waals surface area contributed by atoms with Crippen molar-refractivity contribution in [3.05, 3.63) is 67.6 Å². The van der Waals surface area contributed by atoms with Crippen LogP contribution < -0.4 is 5.32 Å². The zero-order valence-corrected chi connectivity index (χ0v) is 22.8. The van der Waals surface area contributed by atoms with E-state index < -0.39 is 6.04 Å². The molecule has 1 fully saturated rings. The van der Waals surface area contributed by atoms with Gasteiger partial charge in [0, 0.05) is 38.4 Å². The fraction of sp³-hybridized carbons (Fsp3) is 0.440. The minimum absolute atomic E-state index is 0.112. The first-order chi connectivity index (χ1) is 16.3. The summed E-state index contributed by atoms with van der Waals surface area (Å²) in [5.41, 5.74) is 1.65. The Balaban J connectivity index is 1.74. The number of amides is 2. The van der Waals surface area contributed by atoms with E-state index in [1.54, 1.807) is 35.2 Å². The standard InChI is InChI=1S/C25H28Cl4N2O2S/c1-2-23(25(33)30-20-5-3-4-6-20)31(13-16-7-9-18(26)11-21(16)28)24(32)15-34-14-17-8-10-19(27)12-22(17)29/h7-12,20,23H,2-6,13-15H2,1H3,(H,30,33). The molecule has 184 valence electrons. The first-order valence-electron chi connectivity index (χ1n) is 11.3. The van der Waals surface area contributed by atoms with E-state index in [1.807, 2.05) is 13.0 Å². The number of thioether (sulfide) groups is 1. The van der Waals surface area contributed by atoms with Crippen molar-refractivity contribution in [2.45, 2.75) is 63.4 Å². The number of hydrogen-bond acceptors (Lipinski definition) is 3. The van der Waals surface area contributed by atoms with E-state index in [1.165, 1.54) is 11.8 Å². The van der Waals surface area contributed by atoms with Gasteiger partial charge in [-0.15, -0.1) is 11.8 Å². The van der Waals surface area contributed by atoms with Crippen LogP contribution in [0.3, 0.4) is 0 Å². The first-order valence-corrected chi connectivity index (χ1v) is 14.0. The van der Waals surface area contributed by atoms with Crippen molar-refractivity contribution in [1.29, 1.82) is 0 Å².